The summed E-state index contributed by atoms with van der Waals surface area (Å²) >= 11 is 0. The molecule has 0 aromatic carbocycles. The lowest BCUT2D eigenvalue weighted by atomic mass is 9.94. The highest BCUT2D eigenvalue weighted by Gasteiger charge is 2.30. The van der Waals surface area contributed by atoms with Crippen molar-refractivity contribution in [1.29, 1.82) is 0 Å². The standard InChI is InChI=1S/C19H30N2O3/c1-3-5-11-20(12-6-4-2)18(22)16-9-13-21(14-10-16)19(23)17-8-7-15-24-17/h7-8,15-16H,3-6,9-14H2,1-2H3. The Bertz CT molecular complexity index is 497. The predicted molar refractivity (Wildman–Crippen MR) is 93.7 cm³/mol. The van der Waals surface area contributed by atoms with E-state index in [-0.39, 0.29) is 17.7 Å². The summed E-state index contributed by atoms with van der Waals surface area (Å²) in [5.74, 6) is 0.647. The van der Waals surface area contributed by atoms with Gasteiger partial charge in [0.1, 0.15) is 0 Å². The minimum absolute atomic E-state index is 0.0550. The first-order valence-electron chi connectivity index (χ1n) is 9.28. The number of amides is 2. The zero-order chi connectivity index (χ0) is 17.4. The van der Waals surface area contributed by atoms with Crippen molar-refractivity contribution in [3.8, 4) is 0 Å². The molecule has 1 aromatic rings. The monoisotopic (exact) mass is 334 g/mol. The van der Waals surface area contributed by atoms with Crippen LogP contribution in [0.2, 0.25) is 0 Å². The highest BCUT2D eigenvalue weighted by molar-refractivity contribution is 5.91. The zero-order valence-corrected chi connectivity index (χ0v) is 15.0. The largest absolute Gasteiger partial charge is 0.459 e. The topological polar surface area (TPSA) is 53.8 Å². The smallest absolute Gasteiger partial charge is 0.289 e. The average Bonchev–Trinajstić information content (AvgIpc) is 3.15. The van der Waals surface area contributed by atoms with Crippen LogP contribution < -0.4 is 0 Å². The van der Waals surface area contributed by atoms with Gasteiger partial charge in [0.15, 0.2) is 5.76 Å². The molecule has 0 bridgehead atoms. The highest BCUT2D eigenvalue weighted by atomic mass is 16.3. The molecule has 0 aliphatic carbocycles. The molecule has 0 N–H and O–H groups in total. The number of carbonyl (C=O) groups is 2. The van der Waals surface area contributed by atoms with Crippen LogP contribution in [0.5, 0.6) is 0 Å². The van der Waals surface area contributed by atoms with Gasteiger partial charge in [-0.2, -0.15) is 0 Å². The average molecular weight is 334 g/mol. The molecule has 0 spiro atoms. The molecule has 2 amide bonds. The fourth-order valence-corrected chi connectivity index (χ4v) is 3.17. The molecule has 1 aliphatic rings. The van der Waals surface area contributed by atoms with Gasteiger partial charge in [-0.05, 0) is 37.8 Å². The van der Waals surface area contributed by atoms with E-state index in [2.05, 4.69) is 13.8 Å². The molecule has 24 heavy (non-hydrogen) atoms. The second-order valence-corrected chi connectivity index (χ2v) is 6.58. The van der Waals surface area contributed by atoms with E-state index in [0.29, 0.717) is 18.8 Å². The number of piperidine rings is 1. The Hall–Kier alpha value is -1.78. The fourth-order valence-electron chi connectivity index (χ4n) is 3.17. The molecule has 134 valence electrons. The molecule has 0 saturated carbocycles. The van der Waals surface area contributed by atoms with Crippen LogP contribution in [0.25, 0.3) is 0 Å². The molecule has 1 aromatic heterocycles. The van der Waals surface area contributed by atoms with Gasteiger partial charge in [-0.15, -0.1) is 0 Å². The SMILES string of the molecule is CCCCN(CCCC)C(=O)C1CCN(C(=O)c2ccco2)CC1. The molecule has 5 heteroatoms. The molecule has 1 saturated heterocycles. The molecule has 1 aliphatic heterocycles. The van der Waals surface area contributed by atoms with E-state index in [1.165, 1.54) is 6.26 Å². The summed E-state index contributed by atoms with van der Waals surface area (Å²) in [6.07, 6.45) is 7.34. The molecular formula is C19H30N2O3. The number of unbranched alkanes of at least 4 members (excludes halogenated alkanes) is 2. The zero-order valence-electron chi connectivity index (χ0n) is 15.0. The summed E-state index contributed by atoms with van der Waals surface area (Å²) in [5.41, 5.74) is 0. The van der Waals surface area contributed by atoms with Gasteiger partial charge in [0, 0.05) is 32.1 Å². The third-order valence-corrected chi connectivity index (χ3v) is 4.74. The van der Waals surface area contributed by atoms with Gasteiger partial charge >= 0.3 is 0 Å². The van der Waals surface area contributed by atoms with Crippen molar-refractivity contribution < 1.29 is 14.0 Å². The van der Waals surface area contributed by atoms with Crippen molar-refractivity contribution >= 4 is 11.8 Å². The van der Waals surface area contributed by atoms with Crippen molar-refractivity contribution in [1.82, 2.24) is 9.80 Å². The van der Waals surface area contributed by atoms with E-state index in [1.807, 2.05) is 4.90 Å². The summed E-state index contributed by atoms with van der Waals surface area (Å²) in [4.78, 5) is 28.9. The molecule has 5 nitrogen and oxygen atoms in total. The van der Waals surface area contributed by atoms with Crippen LogP contribution in [0.3, 0.4) is 0 Å². The number of hydrogen-bond donors (Lipinski definition) is 0. The third-order valence-electron chi connectivity index (χ3n) is 4.74. The molecule has 0 radical (unpaired) electrons. The van der Waals surface area contributed by atoms with Crippen LogP contribution in [-0.2, 0) is 4.79 Å². The van der Waals surface area contributed by atoms with Crippen molar-refractivity contribution in [3.05, 3.63) is 24.2 Å². The summed E-state index contributed by atoms with van der Waals surface area (Å²) in [7, 11) is 0. The van der Waals surface area contributed by atoms with Crippen LogP contribution in [0.4, 0.5) is 0 Å². The third kappa shape index (κ3) is 4.86. The Morgan fingerprint density at radius 2 is 1.79 bits per heavy atom. The highest BCUT2D eigenvalue weighted by Crippen LogP contribution is 2.22. The van der Waals surface area contributed by atoms with E-state index in [4.69, 9.17) is 4.42 Å². The lowest BCUT2D eigenvalue weighted by molar-refractivity contribution is -0.137. The van der Waals surface area contributed by atoms with Gasteiger partial charge in [-0.25, -0.2) is 0 Å². The van der Waals surface area contributed by atoms with Crippen LogP contribution in [0.1, 0.15) is 62.9 Å². The van der Waals surface area contributed by atoms with Crippen LogP contribution in [-0.4, -0.2) is 47.8 Å². The first-order valence-corrected chi connectivity index (χ1v) is 9.28. The van der Waals surface area contributed by atoms with E-state index in [9.17, 15) is 9.59 Å². The van der Waals surface area contributed by atoms with Crippen molar-refractivity contribution in [2.24, 2.45) is 5.92 Å². The van der Waals surface area contributed by atoms with E-state index in [1.54, 1.807) is 17.0 Å². The molecule has 0 atom stereocenters. The molecular weight excluding hydrogens is 304 g/mol. The number of carbonyl (C=O) groups excluding carboxylic acids is 2. The number of nitrogens with zero attached hydrogens (tertiary/aromatic N) is 2. The van der Waals surface area contributed by atoms with Gasteiger partial charge in [0.05, 0.1) is 6.26 Å². The second kappa shape index (κ2) is 9.50. The maximum absolute atomic E-state index is 12.8. The fraction of sp³-hybridized carbons (Fsp3) is 0.684. The quantitative estimate of drug-likeness (QED) is 0.730. The van der Waals surface area contributed by atoms with E-state index >= 15 is 0 Å². The van der Waals surface area contributed by atoms with Gasteiger partial charge < -0.3 is 14.2 Å². The van der Waals surface area contributed by atoms with Crippen molar-refractivity contribution in [3.63, 3.8) is 0 Å². The van der Waals surface area contributed by atoms with Gasteiger partial charge in [0.25, 0.3) is 5.91 Å². The first-order chi connectivity index (χ1) is 11.7. The molecule has 2 heterocycles. The lowest BCUT2D eigenvalue weighted by Crippen LogP contribution is -2.44. The second-order valence-electron chi connectivity index (χ2n) is 6.58. The maximum atomic E-state index is 12.8. The number of furan rings is 1. The summed E-state index contributed by atoms with van der Waals surface area (Å²) in [6.45, 7) is 7.29. The maximum Gasteiger partial charge on any atom is 0.289 e. The lowest BCUT2D eigenvalue weighted by Gasteiger charge is -2.34. The van der Waals surface area contributed by atoms with Crippen LogP contribution in [0.15, 0.2) is 22.8 Å². The minimum atomic E-state index is -0.0697. The number of rotatable bonds is 8. The summed E-state index contributed by atoms with van der Waals surface area (Å²) in [5, 5.41) is 0. The van der Waals surface area contributed by atoms with Crippen LogP contribution >= 0.6 is 0 Å². The van der Waals surface area contributed by atoms with E-state index < -0.39 is 0 Å². The molecule has 0 unspecified atom stereocenters. The number of likely N-dealkylation sites (tertiary alicyclic amines) is 1. The van der Waals surface area contributed by atoms with Crippen molar-refractivity contribution in [2.75, 3.05) is 26.2 Å². The van der Waals surface area contributed by atoms with Gasteiger partial charge in [0.2, 0.25) is 5.91 Å². The molecule has 1 fully saturated rings. The van der Waals surface area contributed by atoms with Gasteiger partial charge in [-0.3, -0.25) is 9.59 Å². The van der Waals surface area contributed by atoms with Crippen molar-refractivity contribution in [2.45, 2.75) is 52.4 Å². The predicted octanol–water partition coefficient (Wildman–Crippen LogP) is 3.56. The van der Waals surface area contributed by atoms with Gasteiger partial charge in [-0.1, -0.05) is 26.7 Å². The normalized spacial score (nSPS) is 15.5. The van der Waals surface area contributed by atoms with E-state index in [0.717, 1.165) is 51.6 Å². The minimum Gasteiger partial charge on any atom is -0.459 e. The Morgan fingerprint density at radius 3 is 2.29 bits per heavy atom. The summed E-state index contributed by atoms with van der Waals surface area (Å²) in [6, 6.07) is 3.42. The Labute approximate surface area is 145 Å². The van der Waals surface area contributed by atoms with Crippen LogP contribution in [0, 0.1) is 5.92 Å². The first kappa shape index (κ1) is 18.6. The molecule has 2 rings (SSSR count). The summed E-state index contributed by atoms with van der Waals surface area (Å²) < 4.78 is 5.18. The Morgan fingerprint density at radius 1 is 1.17 bits per heavy atom. The Kier molecular flexibility index (Phi) is 7.35. The Balaban J connectivity index is 1.87. The number of hydrogen-bond acceptors (Lipinski definition) is 3.